The number of hydrogen-bond acceptors (Lipinski definition) is 6. The van der Waals surface area contributed by atoms with Gasteiger partial charge in [-0.3, -0.25) is 10.1 Å². The minimum absolute atomic E-state index is 0.101. The fraction of sp³-hybridized carbons (Fsp3) is 0.357. The first-order chi connectivity index (χ1) is 10.1. The molecule has 0 aliphatic carbocycles. The first kappa shape index (κ1) is 13.4. The Hall–Kier alpha value is -2.57. The van der Waals surface area contributed by atoms with Crippen molar-refractivity contribution < 1.29 is 18.8 Å². The van der Waals surface area contributed by atoms with Crippen molar-refractivity contribution in [3.05, 3.63) is 30.2 Å². The van der Waals surface area contributed by atoms with Crippen LogP contribution in [0.5, 0.6) is 11.5 Å². The van der Waals surface area contributed by atoms with Crippen LogP contribution < -0.4 is 14.8 Å². The van der Waals surface area contributed by atoms with Crippen LogP contribution in [0.3, 0.4) is 0 Å². The third-order valence-corrected chi connectivity index (χ3v) is 2.97. The lowest BCUT2D eigenvalue weighted by Gasteiger charge is -2.24. The van der Waals surface area contributed by atoms with E-state index in [0.29, 0.717) is 17.4 Å². The molecule has 0 saturated heterocycles. The molecule has 1 aliphatic heterocycles. The average molecular weight is 289 g/mol. The highest BCUT2D eigenvalue weighted by Crippen LogP contribution is 2.31. The van der Waals surface area contributed by atoms with Gasteiger partial charge in [-0.2, -0.15) is 4.98 Å². The Balaban J connectivity index is 1.66. The Labute approximate surface area is 121 Å². The number of aromatic nitrogens is 2. The highest BCUT2D eigenvalue weighted by atomic mass is 16.6. The number of hydrogen-bond donors (Lipinski definition) is 1. The molecule has 2 heterocycles. The second-order valence-corrected chi connectivity index (χ2v) is 4.96. The lowest BCUT2D eigenvalue weighted by Crippen LogP contribution is -2.40. The van der Waals surface area contributed by atoms with Crippen molar-refractivity contribution in [3.63, 3.8) is 0 Å². The van der Waals surface area contributed by atoms with Crippen molar-refractivity contribution in [1.82, 2.24) is 10.1 Å². The van der Waals surface area contributed by atoms with Crippen molar-refractivity contribution in [1.29, 1.82) is 0 Å². The normalized spacial score (nSPS) is 16.8. The molecule has 1 aromatic carbocycles. The molecule has 7 heteroatoms. The summed E-state index contributed by atoms with van der Waals surface area (Å²) in [5.74, 6) is 1.50. The quantitative estimate of drug-likeness (QED) is 0.929. The molecule has 0 saturated carbocycles. The molecule has 1 N–H and O–H groups in total. The van der Waals surface area contributed by atoms with Gasteiger partial charge in [0.25, 0.3) is 11.9 Å². The van der Waals surface area contributed by atoms with E-state index >= 15 is 0 Å². The number of benzene rings is 1. The predicted molar refractivity (Wildman–Crippen MR) is 73.4 cm³/mol. The second-order valence-electron chi connectivity index (χ2n) is 4.96. The van der Waals surface area contributed by atoms with E-state index in [1.165, 1.54) is 0 Å². The minimum atomic E-state index is -0.749. The molecular weight excluding hydrogens is 274 g/mol. The topological polar surface area (TPSA) is 86.5 Å². The lowest BCUT2D eigenvalue weighted by molar-refractivity contribution is -0.125. The smallest absolute Gasteiger partial charge is 0.271 e. The largest absolute Gasteiger partial charge is 0.485 e. The number of anilines is 1. The molecule has 0 spiro atoms. The van der Waals surface area contributed by atoms with Crippen LogP contribution in [-0.4, -0.2) is 28.8 Å². The SMILES string of the molecule is CC(C)c1nc(NC(=O)C2COc3ccccc3O2)no1. The highest BCUT2D eigenvalue weighted by molar-refractivity contribution is 5.93. The van der Waals surface area contributed by atoms with Crippen LogP contribution in [0.2, 0.25) is 0 Å². The number of rotatable bonds is 3. The van der Waals surface area contributed by atoms with E-state index in [9.17, 15) is 4.79 Å². The van der Waals surface area contributed by atoms with E-state index in [1.807, 2.05) is 26.0 Å². The summed E-state index contributed by atoms with van der Waals surface area (Å²) in [4.78, 5) is 16.2. The molecule has 1 amide bonds. The Kier molecular flexibility index (Phi) is 3.47. The summed E-state index contributed by atoms with van der Waals surface area (Å²) in [5, 5.41) is 6.26. The Morgan fingerprint density at radius 2 is 2.10 bits per heavy atom. The molecule has 2 aromatic rings. The Bertz CT molecular complexity index is 653. The molecule has 0 radical (unpaired) electrons. The summed E-state index contributed by atoms with van der Waals surface area (Å²) < 4.78 is 16.1. The van der Waals surface area contributed by atoms with Crippen LogP contribution in [0, 0.1) is 0 Å². The third-order valence-electron chi connectivity index (χ3n) is 2.97. The van der Waals surface area contributed by atoms with Crippen molar-refractivity contribution in [3.8, 4) is 11.5 Å². The zero-order valence-corrected chi connectivity index (χ0v) is 11.7. The van der Waals surface area contributed by atoms with Gasteiger partial charge in [0.15, 0.2) is 11.5 Å². The maximum atomic E-state index is 12.1. The van der Waals surface area contributed by atoms with Gasteiger partial charge in [-0.05, 0) is 17.3 Å². The van der Waals surface area contributed by atoms with Gasteiger partial charge in [0.2, 0.25) is 12.0 Å². The summed E-state index contributed by atoms with van der Waals surface area (Å²) in [6.07, 6.45) is -0.749. The summed E-state index contributed by atoms with van der Waals surface area (Å²) in [7, 11) is 0. The van der Waals surface area contributed by atoms with Crippen LogP contribution in [0.4, 0.5) is 5.95 Å². The van der Waals surface area contributed by atoms with E-state index in [1.54, 1.807) is 12.1 Å². The molecule has 110 valence electrons. The molecule has 0 fully saturated rings. The minimum Gasteiger partial charge on any atom is -0.485 e. The van der Waals surface area contributed by atoms with Gasteiger partial charge in [0.1, 0.15) is 6.61 Å². The van der Waals surface area contributed by atoms with Crippen LogP contribution in [0.1, 0.15) is 25.7 Å². The number of ether oxygens (including phenoxy) is 2. The zero-order chi connectivity index (χ0) is 14.8. The van der Waals surface area contributed by atoms with Crippen LogP contribution in [-0.2, 0) is 4.79 Å². The summed E-state index contributed by atoms with van der Waals surface area (Å²) in [6.45, 7) is 3.99. The van der Waals surface area contributed by atoms with Crippen LogP contribution in [0.15, 0.2) is 28.8 Å². The summed E-state index contributed by atoms with van der Waals surface area (Å²) in [6, 6.07) is 7.20. The van der Waals surface area contributed by atoms with E-state index in [-0.39, 0.29) is 24.4 Å². The maximum Gasteiger partial charge on any atom is 0.271 e. The van der Waals surface area contributed by atoms with Gasteiger partial charge in [-0.1, -0.05) is 26.0 Å². The van der Waals surface area contributed by atoms with E-state index < -0.39 is 6.10 Å². The molecular formula is C14H15N3O4. The number of nitrogens with one attached hydrogen (secondary N) is 1. The standard InChI is InChI=1S/C14H15N3O4/c1-8(2)13-16-14(17-21-13)15-12(18)11-7-19-9-5-3-4-6-10(9)20-11/h3-6,8,11H,7H2,1-2H3,(H,15,17,18). The van der Waals surface area contributed by atoms with Gasteiger partial charge in [-0.25, -0.2) is 0 Å². The van der Waals surface area contributed by atoms with Crippen molar-refractivity contribution in [2.75, 3.05) is 11.9 Å². The second kappa shape index (κ2) is 5.43. The van der Waals surface area contributed by atoms with Gasteiger partial charge in [0, 0.05) is 5.92 Å². The molecule has 3 rings (SSSR count). The lowest BCUT2D eigenvalue weighted by atomic mass is 10.2. The zero-order valence-electron chi connectivity index (χ0n) is 11.7. The van der Waals surface area contributed by atoms with Crippen LogP contribution in [0.25, 0.3) is 0 Å². The number of amides is 1. The third kappa shape index (κ3) is 2.81. The molecule has 0 bridgehead atoms. The molecule has 1 aromatic heterocycles. The average Bonchev–Trinajstić information content (AvgIpc) is 2.95. The predicted octanol–water partition coefficient (Wildman–Crippen LogP) is 1.97. The Morgan fingerprint density at radius 1 is 1.33 bits per heavy atom. The summed E-state index contributed by atoms with van der Waals surface area (Å²) in [5.41, 5.74) is 0. The van der Waals surface area contributed by atoms with Crippen molar-refractivity contribution in [2.24, 2.45) is 0 Å². The Morgan fingerprint density at radius 3 is 2.81 bits per heavy atom. The number of carbonyl (C=O) groups is 1. The fourth-order valence-corrected chi connectivity index (χ4v) is 1.86. The van der Waals surface area contributed by atoms with E-state index in [2.05, 4.69) is 15.5 Å². The molecule has 21 heavy (non-hydrogen) atoms. The fourth-order valence-electron chi connectivity index (χ4n) is 1.86. The van der Waals surface area contributed by atoms with Gasteiger partial charge in [-0.15, -0.1) is 0 Å². The van der Waals surface area contributed by atoms with Crippen LogP contribution >= 0.6 is 0 Å². The molecule has 7 nitrogen and oxygen atoms in total. The van der Waals surface area contributed by atoms with Crippen molar-refractivity contribution >= 4 is 11.9 Å². The van der Waals surface area contributed by atoms with Gasteiger partial charge in [0.05, 0.1) is 0 Å². The maximum absolute atomic E-state index is 12.1. The number of carbonyl (C=O) groups excluding carboxylic acids is 1. The monoisotopic (exact) mass is 289 g/mol. The molecule has 1 unspecified atom stereocenters. The van der Waals surface area contributed by atoms with Gasteiger partial charge < -0.3 is 14.0 Å². The van der Waals surface area contributed by atoms with E-state index in [4.69, 9.17) is 14.0 Å². The highest BCUT2D eigenvalue weighted by Gasteiger charge is 2.28. The number of nitrogens with zero attached hydrogens (tertiary/aromatic N) is 2. The first-order valence-corrected chi connectivity index (χ1v) is 6.66. The molecule has 1 aliphatic rings. The van der Waals surface area contributed by atoms with E-state index in [0.717, 1.165) is 0 Å². The first-order valence-electron chi connectivity index (χ1n) is 6.66. The van der Waals surface area contributed by atoms with Gasteiger partial charge >= 0.3 is 0 Å². The molecule has 1 atom stereocenters. The number of para-hydroxylation sites is 2. The summed E-state index contributed by atoms with van der Waals surface area (Å²) >= 11 is 0. The van der Waals surface area contributed by atoms with Crippen molar-refractivity contribution in [2.45, 2.75) is 25.9 Å². The number of fused-ring (bicyclic) bond motifs is 1.